The van der Waals surface area contributed by atoms with Crippen LogP contribution in [0.3, 0.4) is 0 Å². The zero-order valence-electron chi connectivity index (χ0n) is 15.2. The van der Waals surface area contributed by atoms with Crippen molar-refractivity contribution in [3.8, 4) is 23.0 Å². The van der Waals surface area contributed by atoms with Crippen LogP contribution < -0.4 is 9.47 Å². The van der Waals surface area contributed by atoms with Gasteiger partial charge in [-0.2, -0.15) is 0 Å². The Hall–Kier alpha value is -3.53. The molecule has 0 saturated heterocycles. The van der Waals surface area contributed by atoms with Gasteiger partial charge in [0.15, 0.2) is 0 Å². The van der Waals surface area contributed by atoms with Gasteiger partial charge in [0.05, 0.1) is 13.2 Å². The van der Waals surface area contributed by atoms with Crippen molar-refractivity contribution in [1.29, 1.82) is 0 Å². The van der Waals surface area contributed by atoms with Crippen molar-refractivity contribution in [2.24, 2.45) is 0 Å². The van der Waals surface area contributed by atoms with Crippen molar-refractivity contribution in [3.05, 3.63) is 64.7 Å². The van der Waals surface area contributed by atoms with E-state index in [0.717, 1.165) is 11.1 Å². The number of imidazole rings is 1. The van der Waals surface area contributed by atoms with Gasteiger partial charge in [0, 0.05) is 22.8 Å². The fourth-order valence-electron chi connectivity index (χ4n) is 2.90. The number of ether oxygens (including phenoxy) is 3. The second-order valence-corrected chi connectivity index (χ2v) is 6.34. The molecule has 0 radical (unpaired) electrons. The minimum absolute atomic E-state index is 0.221. The molecule has 29 heavy (non-hydrogen) atoms. The Morgan fingerprint density at radius 3 is 2.72 bits per heavy atom. The Bertz CT molecular complexity index is 991. The molecule has 150 valence electrons. The molecular weight excluding hydrogens is 383 g/mol. The minimum Gasteiger partial charge on any atom is -0.475 e. The second-order valence-electron chi connectivity index (χ2n) is 6.34. The first-order valence-electron chi connectivity index (χ1n) is 8.89. The molecule has 0 unspecified atom stereocenters. The highest BCUT2D eigenvalue weighted by atomic mass is 19.1. The number of hydrogen-bond donors (Lipinski definition) is 0. The van der Waals surface area contributed by atoms with Crippen LogP contribution in [0.4, 0.5) is 10.2 Å². The number of nitro groups is 1. The summed E-state index contributed by atoms with van der Waals surface area (Å²) in [5, 5.41) is 10.8. The molecule has 0 fully saturated rings. The van der Waals surface area contributed by atoms with Crippen LogP contribution in [-0.4, -0.2) is 45.4 Å². The quantitative estimate of drug-likeness (QED) is 0.341. The molecule has 1 aromatic carbocycles. The molecule has 9 nitrogen and oxygen atoms in total. The van der Waals surface area contributed by atoms with E-state index < -0.39 is 4.92 Å². The minimum atomic E-state index is -0.563. The van der Waals surface area contributed by atoms with Gasteiger partial charge in [-0.1, -0.05) is 12.1 Å². The van der Waals surface area contributed by atoms with E-state index in [1.165, 1.54) is 18.3 Å². The number of pyridine rings is 1. The van der Waals surface area contributed by atoms with Crippen LogP contribution in [0.15, 0.2) is 48.8 Å². The molecule has 1 aliphatic heterocycles. The molecule has 3 heterocycles. The number of fused-ring (bicyclic) bond motifs is 1. The van der Waals surface area contributed by atoms with Gasteiger partial charge in [-0.25, -0.2) is 9.37 Å². The Kier molecular flexibility index (Phi) is 5.34. The summed E-state index contributed by atoms with van der Waals surface area (Å²) < 4.78 is 31.2. The molecule has 0 saturated carbocycles. The standard InChI is InChI=1S/C19H17FN4O5/c20-15-4-1-13(2-5-15)14-3-6-18(21-9-14)28-8-7-27-16-10-23-11-17(24(25)26)22-19(23)29-12-16/h1-6,9,11,16H,7-8,10,12H2/t16-/m0/s1. The lowest BCUT2D eigenvalue weighted by Gasteiger charge is -2.22. The number of hydrogen-bond acceptors (Lipinski definition) is 7. The van der Waals surface area contributed by atoms with Crippen LogP contribution in [-0.2, 0) is 11.3 Å². The van der Waals surface area contributed by atoms with Gasteiger partial charge in [0.1, 0.15) is 31.3 Å². The van der Waals surface area contributed by atoms with E-state index in [4.69, 9.17) is 14.2 Å². The molecule has 0 aliphatic carbocycles. The average Bonchev–Trinajstić information content (AvgIpc) is 3.16. The average molecular weight is 400 g/mol. The van der Waals surface area contributed by atoms with Crippen LogP contribution in [0.25, 0.3) is 11.1 Å². The SMILES string of the molecule is O=[N+]([O-])c1cn2c(n1)OC[C@@H](OCCOc1ccc(-c3ccc(F)cc3)cn1)C2. The van der Waals surface area contributed by atoms with Crippen LogP contribution in [0.2, 0.25) is 0 Å². The molecule has 1 aliphatic rings. The normalized spacial score (nSPS) is 15.4. The van der Waals surface area contributed by atoms with Crippen LogP contribution in [0.5, 0.6) is 11.9 Å². The van der Waals surface area contributed by atoms with E-state index in [2.05, 4.69) is 9.97 Å². The summed E-state index contributed by atoms with van der Waals surface area (Å²) in [7, 11) is 0. The van der Waals surface area contributed by atoms with Crippen LogP contribution >= 0.6 is 0 Å². The topological polar surface area (TPSA) is 102 Å². The van der Waals surface area contributed by atoms with Crippen molar-refractivity contribution in [2.75, 3.05) is 19.8 Å². The summed E-state index contributed by atoms with van der Waals surface area (Å²) in [4.78, 5) is 18.2. The zero-order valence-corrected chi connectivity index (χ0v) is 15.2. The highest BCUT2D eigenvalue weighted by Gasteiger charge is 2.28. The van der Waals surface area contributed by atoms with Crippen molar-refractivity contribution >= 4 is 5.82 Å². The van der Waals surface area contributed by atoms with Crippen LogP contribution in [0, 0.1) is 15.9 Å². The highest BCUT2D eigenvalue weighted by molar-refractivity contribution is 5.62. The summed E-state index contributed by atoms with van der Waals surface area (Å²) in [6.45, 7) is 1.28. The predicted molar refractivity (Wildman–Crippen MR) is 99.2 cm³/mol. The molecule has 0 spiro atoms. The summed E-state index contributed by atoms with van der Waals surface area (Å²) >= 11 is 0. The van der Waals surface area contributed by atoms with E-state index in [1.54, 1.807) is 29.0 Å². The molecule has 2 aromatic heterocycles. The van der Waals surface area contributed by atoms with E-state index >= 15 is 0 Å². The Morgan fingerprint density at radius 2 is 2.00 bits per heavy atom. The van der Waals surface area contributed by atoms with Crippen LogP contribution in [0.1, 0.15) is 0 Å². The lowest BCUT2D eigenvalue weighted by molar-refractivity contribution is -0.389. The van der Waals surface area contributed by atoms with Crippen molar-refractivity contribution < 1.29 is 23.5 Å². The molecule has 0 N–H and O–H groups in total. The Balaban J connectivity index is 1.23. The highest BCUT2D eigenvalue weighted by Crippen LogP contribution is 2.23. The number of benzene rings is 1. The lowest BCUT2D eigenvalue weighted by Crippen LogP contribution is -2.33. The van der Waals surface area contributed by atoms with E-state index in [9.17, 15) is 14.5 Å². The van der Waals surface area contributed by atoms with Crippen molar-refractivity contribution in [1.82, 2.24) is 14.5 Å². The molecule has 3 aromatic rings. The summed E-state index contributed by atoms with van der Waals surface area (Å²) in [6, 6.07) is 9.98. The van der Waals surface area contributed by atoms with E-state index in [-0.39, 0.29) is 37.0 Å². The maximum atomic E-state index is 13.0. The molecule has 1 atom stereocenters. The van der Waals surface area contributed by atoms with Gasteiger partial charge in [0.2, 0.25) is 5.88 Å². The number of halogens is 1. The monoisotopic (exact) mass is 400 g/mol. The maximum absolute atomic E-state index is 13.0. The van der Waals surface area contributed by atoms with E-state index in [1.807, 2.05) is 6.07 Å². The third kappa shape index (κ3) is 4.49. The first-order valence-corrected chi connectivity index (χ1v) is 8.89. The summed E-state index contributed by atoms with van der Waals surface area (Å²) in [6.07, 6.45) is 2.73. The first kappa shape index (κ1) is 18.8. The predicted octanol–water partition coefficient (Wildman–Crippen LogP) is 2.85. The lowest BCUT2D eigenvalue weighted by atomic mass is 10.1. The Labute approximate surface area is 164 Å². The molecular formula is C19H17FN4O5. The third-order valence-electron chi connectivity index (χ3n) is 4.31. The largest absolute Gasteiger partial charge is 0.475 e. The van der Waals surface area contributed by atoms with Crippen molar-refractivity contribution in [3.63, 3.8) is 0 Å². The van der Waals surface area contributed by atoms with Crippen molar-refractivity contribution in [2.45, 2.75) is 12.6 Å². The summed E-state index contributed by atoms with van der Waals surface area (Å²) in [5.74, 6) is -0.0847. The number of aromatic nitrogens is 3. The molecule has 10 heteroatoms. The van der Waals surface area contributed by atoms with Gasteiger partial charge in [-0.05, 0) is 28.7 Å². The zero-order chi connectivity index (χ0) is 20.2. The van der Waals surface area contributed by atoms with Gasteiger partial charge >= 0.3 is 11.8 Å². The maximum Gasteiger partial charge on any atom is 0.414 e. The van der Waals surface area contributed by atoms with Gasteiger partial charge < -0.3 is 24.3 Å². The molecule has 0 bridgehead atoms. The third-order valence-corrected chi connectivity index (χ3v) is 4.31. The molecule has 4 rings (SSSR count). The van der Waals surface area contributed by atoms with Gasteiger partial charge in [0.25, 0.3) is 0 Å². The smallest absolute Gasteiger partial charge is 0.414 e. The summed E-state index contributed by atoms with van der Waals surface area (Å²) in [5.41, 5.74) is 1.73. The fourth-order valence-corrected chi connectivity index (χ4v) is 2.90. The molecule has 0 amide bonds. The second kappa shape index (κ2) is 8.23. The van der Waals surface area contributed by atoms with Gasteiger partial charge in [-0.15, -0.1) is 0 Å². The number of nitrogens with zero attached hydrogens (tertiary/aromatic N) is 4. The first-order chi connectivity index (χ1) is 14.1. The van der Waals surface area contributed by atoms with Gasteiger partial charge in [-0.3, -0.25) is 4.57 Å². The van der Waals surface area contributed by atoms with E-state index in [0.29, 0.717) is 19.0 Å². The fraction of sp³-hybridized carbons (Fsp3) is 0.263. The number of rotatable bonds is 7. The Morgan fingerprint density at radius 1 is 1.21 bits per heavy atom.